The molecule has 25 heavy (non-hydrogen) atoms. The van der Waals surface area contributed by atoms with Gasteiger partial charge in [0.1, 0.15) is 11.3 Å². The Morgan fingerprint density at radius 1 is 1.20 bits per heavy atom. The van der Waals surface area contributed by atoms with E-state index in [9.17, 15) is 14.0 Å². The van der Waals surface area contributed by atoms with Crippen molar-refractivity contribution in [2.75, 3.05) is 0 Å². The normalized spacial score (nSPS) is 12.1. The fourth-order valence-electron chi connectivity index (χ4n) is 2.59. The summed E-state index contributed by atoms with van der Waals surface area (Å²) in [5, 5.41) is 11.0. The third-order valence-corrected chi connectivity index (χ3v) is 3.93. The van der Waals surface area contributed by atoms with Gasteiger partial charge in [-0.25, -0.2) is 9.07 Å². The summed E-state index contributed by atoms with van der Waals surface area (Å²) in [4.78, 5) is 24.4. The average molecular weight is 340 g/mol. The third-order valence-electron chi connectivity index (χ3n) is 3.93. The van der Waals surface area contributed by atoms with Gasteiger partial charge in [0.15, 0.2) is 0 Å². The predicted molar refractivity (Wildman–Crippen MR) is 91.4 cm³/mol. The van der Waals surface area contributed by atoms with Crippen molar-refractivity contribution < 1.29 is 9.18 Å². The lowest BCUT2D eigenvalue weighted by molar-refractivity contribution is -0.122. The van der Waals surface area contributed by atoms with Crippen molar-refractivity contribution in [1.82, 2.24) is 20.3 Å². The van der Waals surface area contributed by atoms with Crippen LogP contribution in [0.15, 0.2) is 53.3 Å². The number of nitrogens with one attached hydrogen (secondary N) is 1. The van der Waals surface area contributed by atoms with E-state index < -0.39 is 6.04 Å². The summed E-state index contributed by atoms with van der Waals surface area (Å²) in [6.45, 7) is 1.81. The Balaban J connectivity index is 1.66. The van der Waals surface area contributed by atoms with Crippen molar-refractivity contribution in [3.63, 3.8) is 0 Å². The van der Waals surface area contributed by atoms with E-state index in [1.165, 1.54) is 6.07 Å². The minimum atomic E-state index is -0.465. The molecule has 0 saturated heterocycles. The third kappa shape index (κ3) is 3.71. The molecule has 1 aromatic heterocycles. The van der Waals surface area contributed by atoms with Gasteiger partial charge in [-0.05, 0) is 25.1 Å². The molecule has 128 valence electrons. The molecule has 0 saturated carbocycles. The maximum Gasteiger partial charge on any atom is 0.277 e. The number of aryl methyl sites for hydroxylation is 1. The van der Waals surface area contributed by atoms with Gasteiger partial charge in [0.25, 0.3) is 5.56 Å². The SMILES string of the molecule is CC(NC(=O)CCn1nnc2ccccc2c1=O)c1ccccc1F. The summed E-state index contributed by atoms with van der Waals surface area (Å²) in [5.41, 5.74) is 0.639. The van der Waals surface area contributed by atoms with Crippen LogP contribution in [0.2, 0.25) is 0 Å². The molecule has 7 heteroatoms. The molecule has 3 aromatic rings. The van der Waals surface area contributed by atoms with Gasteiger partial charge in [-0.1, -0.05) is 35.5 Å². The molecular formula is C18H17FN4O2. The van der Waals surface area contributed by atoms with Crippen LogP contribution in [0.3, 0.4) is 0 Å². The monoisotopic (exact) mass is 340 g/mol. The highest BCUT2D eigenvalue weighted by molar-refractivity contribution is 5.77. The lowest BCUT2D eigenvalue weighted by atomic mass is 10.1. The minimum Gasteiger partial charge on any atom is -0.349 e. The molecule has 1 heterocycles. The number of hydrogen-bond acceptors (Lipinski definition) is 4. The Labute approximate surface area is 143 Å². The van der Waals surface area contributed by atoms with Crippen LogP contribution < -0.4 is 10.9 Å². The van der Waals surface area contributed by atoms with Gasteiger partial charge in [-0.2, -0.15) is 0 Å². The Bertz CT molecular complexity index is 970. The quantitative estimate of drug-likeness (QED) is 0.772. The number of rotatable bonds is 5. The first-order valence-electron chi connectivity index (χ1n) is 7.92. The number of carbonyl (C=O) groups excluding carboxylic acids is 1. The Morgan fingerprint density at radius 2 is 1.92 bits per heavy atom. The van der Waals surface area contributed by atoms with Gasteiger partial charge in [0.2, 0.25) is 5.91 Å². The molecule has 0 bridgehead atoms. The zero-order chi connectivity index (χ0) is 17.8. The topological polar surface area (TPSA) is 76.9 Å². The van der Waals surface area contributed by atoms with E-state index in [1.807, 2.05) is 0 Å². The van der Waals surface area contributed by atoms with E-state index in [4.69, 9.17) is 0 Å². The summed E-state index contributed by atoms with van der Waals surface area (Å²) in [6.07, 6.45) is 0.0473. The summed E-state index contributed by atoms with van der Waals surface area (Å²) in [7, 11) is 0. The zero-order valence-electron chi connectivity index (χ0n) is 13.6. The second-order valence-electron chi connectivity index (χ2n) is 5.70. The van der Waals surface area contributed by atoms with Gasteiger partial charge < -0.3 is 5.32 Å². The minimum absolute atomic E-state index is 0.0473. The molecular weight excluding hydrogens is 323 g/mol. The van der Waals surface area contributed by atoms with Crippen LogP contribution in [-0.2, 0) is 11.3 Å². The predicted octanol–water partition coefficient (Wildman–Crippen LogP) is 2.20. The molecule has 0 aliphatic rings. The van der Waals surface area contributed by atoms with Crippen LogP contribution in [0.4, 0.5) is 4.39 Å². The number of nitrogens with zero attached hydrogens (tertiary/aromatic N) is 3. The first-order valence-corrected chi connectivity index (χ1v) is 7.92. The van der Waals surface area contributed by atoms with E-state index in [1.54, 1.807) is 49.4 Å². The fourth-order valence-corrected chi connectivity index (χ4v) is 2.59. The summed E-state index contributed by atoms with van der Waals surface area (Å²) in [6, 6.07) is 12.7. The Morgan fingerprint density at radius 3 is 2.72 bits per heavy atom. The standard InChI is InChI=1S/C18H17FN4O2/c1-12(13-6-2-4-8-15(13)19)20-17(24)10-11-23-18(25)14-7-3-5-9-16(14)21-22-23/h2-9,12H,10-11H2,1H3,(H,20,24). The molecule has 3 rings (SSSR count). The Kier molecular flexibility index (Phi) is 4.83. The van der Waals surface area contributed by atoms with Gasteiger partial charge in [-0.3, -0.25) is 9.59 Å². The largest absolute Gasteiger partial charge is 0.349 e. The molecule has 1 unspecified atom stereocenters. The van der Waals surface area contributed by atoms with E-state index in [0.29, 0.717) is 16.5 Å². The number of aromatic nitrogens is 3. The zero-order valence-corrected chi connectivity index (χ0v) is 13.6. The van der Waals surface area contributed by atoms with Gasteiger partial charge >= 0.3 is 0 Å². The first-order chi connectivity index (χ1) is 12.1. The number of hydrogen-bond donors (Lipinski definition) is 1. The fraction of sp³-hybridized carbons (Fsp3) is 0.222. The number of amides is 1. The van der Waals surface area contributed by atoms with Crippen LogP contribution in [0.1, 0.15) is 24.9 Å². The maximum absolute atomic E-state index is 13.7. The maximum atomic E-state index is 13.7. The molecule has 6 nitrogen and oxygen atoms in total. The van der Waals surface area contributed by atoms with Crippen LogP contribution in [0.25, 0.3) is 10.9 Å². The van der Waals surface area contributed by atoms with Crippen molar-refractivity contribution in [3.8, 4) is 0 Å². The molecule has 2 aromatic carbocycles. The lowest BCUT2D eigenvalue weighted by Crippen LogP contribution is -2.31. The van der Waals surface area contributed by atoms with Gasteiger partial charge in [0, 0.05) is 12.0 Å². The van der Waals surface area contributed by atoms with E-state index in [-0.39, 0.29) is 30.2 Å². The van der Waals surface area contributed by atoms with Crippen molar-refractivity contribution in [3.05, 3.63) is 70.3 Å². The molecule has 0 aliphatic carbocycles. The van der Waals surface area contributed by atoms with Crippen molar-refractivity contribution in [2.45, 2.75) is 25.9 Å². The van der Waals surface area contributed by atoms with Crippen molar-refractivity contribution in [2.24, 2.45) is 0 Å². The molecule has 0 fully saturated rings. The highest BCUT2D eigenvalue weighted by Gasteiger charge is 2.14. The smallest absolute Gasteiger partial charge is 0.277 e. The summed E-state index contributed by atoms with van der Waals surface area (Å²) >= 11 is 0. The van der Waals surface area contributed by atoms with Crippen LogP contribution in [0, 0.1) is 5.82 Å². The van der Waals surface area contributed by atoms with Gasteiger partial charge in [-0.15, -0.1) is 5.10 Å². The van der Waals surface area contributed by atoms with E-state index in [2.05, 4.69) is 15.6 Å². The number of halogens is 1. The highest BCUT2D eigenvalue weighted by atomic mass is 19.1. The first kappa shape index (κ1) is 16.8. The molecule has 0 aliphatic heterocycles. The van der Waals surface area contributed by atoms with Crippen molar-refractivity contribution in [1.29, 1.82) is 0 Å². The van der Waals surface area contributed by atoms with Crippen LogP contribution in [0.5, 0.6) is 0 Å². The number of benzene rings is 2. The molecule has 1 amide bonds. The average Bonchev–Trinajstić information content (AvgIpc) is 2.61. The summed E-state index contributed by atoms with van der Waals surface area (Å²) < 4.78 is 14.9. The lowest BCUT2D eigenvalue weighted by Gasteiger charge is -2.15. The molecule has 1 atom stereocenters. The number of fused-ring (bicyclic) bond motifs is 1. The van der Waals surface area contributed by atoms with Gasteiger partial charge in [0.05, 0.1) is 18.0 Å². The molecule has 0 radical (unpaired) electrons. The number of carbonyl (C=O) groups is 1. The van der Waals surface area contributed by atoms with Crippen molar-refractivity contribution >= 4 is 16.8 Å². The summed E-state index contributed by atoms with van der Waals surface area (Å²) in [5.74, 6) is -0.662. The van der Waals surface area contributed by atoms with E-state index in [0.717, 1.165) is 4.68 Å². The van der Waals surface area contributed by atoms with Crippen LogP contribution in [-0.4, -0.2) is 20.9 Å². The highest BCUT2D eigenvalue weighted by Crippen LogP contribution is 2.16. The molecule has 0 spiro atoms. The Hall–Kier alpha value is -3.09. The van der Waals surface area contributed by atoms with Crippen LogP contribution >= 0.6 is 0 Å². The second kappa shape index (κ2) is 7.21. The van der Waals surface area contributed by atoms with E-state index >= 15 is 0 Å². The second-order valence-corrected chi connectivity index (χ2v) is 5.70. The molecule has 1 N–H and O–H groups in total.